The van der Waals surface area contributed by atoms with Crippen LogP contribution in [0.25, 0.3) is 0 Å². The van der Waals surface area contributed by atoms with Gasteiger partial charge in [0.1, 0.15) is 17.6 Å². The number of carbonyl (C=O) groups excluding carboxylic acids is 3. The van der Waals surface area contributed by atoms with Crippen LogP contribution < -0.4 is 10.6 Å². The van der Waals surface area contributed by atoms with E-state index in [-0.39, 0.29) is 43.1 Å². The molecule has 3 aromatic rings. The first-order valence-corrected chi connectivity index (χ1v) is 12.3. The number of aromatic nitrogens is 1. The monoisotopic (exact) mass is 492 g/mol. The van der Waals surface area contributed by atoms with Crippen LogP contribution in [0.4, 0.5) is 5.82 Å². The van der Waals surface area contributed by atoms with E-state index in [1.165, 1.54) is 11.2 Å². The van der Waals surface area contributed by atoms with E-state index in [1.54, 1.807) is 25.1 Å². The van der Waals surface area contributed by atoms with Crippen molar-refractivity contribution in [2.45, 2.75) is 71.0 Å². The fourth-order valence-corrected chi connectivity index (χ4v) is 4.58. The highest BCUT2D eigenvalue weighted by Gasteiger charge is 2.34. The summed E-state index contributed by atoms with van der Waals surface area (Å²) >= 11 is 0. The van der Waals surface area contributed by atoms with Gasteiger partial charge in [-0.15, -0.1) is 0 Å². The minimum atomic E-state index is -0.856. The van der Waals surface area contributed by atoms with Crippen LogP contribution in [0.3, 0.4) is 0 Å². The molecular formula is C27H32N4O5. The summed E-state index contributed by atoms with van der Waals surface area (Å²) in [6, 6.07) is 11.9. The lowest BCUT2D eigenvalue weighted by Crippen LogP contribution is -2.46. The molecule has 3 amide bonds. The molecule has 0 spiro atoms. The largest absolute Gasteiger partial charge is 0.467 e. The minimum Gasteiger partial charge on any atom is -0.467 e. The van der Waals surface area contributed by atoms with Crippen LogP contribution in [0.5, 0.6) is 0 Å². The number of furan rings is 1. The average molecular weight is 493 g/mol. The lowest BCUT2D eigenvalue weighted by Gasteiger charge is -2.32. The Bertz CT molecular complexity index is 1180. The standard InChI is InChI=1S/C27H32N4O5/c1-18-8-3-6-12-22(18)26(27(34)28-20-9-4-5-10-20)31(17-21-11-7-15-35-21)25(33)14-13-24(32)29-23-16-19(2)36-30-23/h3,6-8,11-12,15-16,20,26H,4-5,9-10,13-14,17H2,1-2H3,(H,28,34)(H,29,30,32)/t26-/m1/s1. The fourth-order valence-electron chi connectivity index (χ4n) is 4.58. The van der Waals surface area contributed by atoms with Gasteiger partial charge >= 0.3 is 0 Å². The molecule has 0 aliphatic heterocycles. The summed E-state index contributed by atoms with van der Waals surface area (Å²) in [5, 5.41) is 9.54. The van der Waals surface area contributed by atoms with E-state index in [1.807, 2.05) is 31.2 Å². The second kappa shape index (κ2) is 11.7. The van der Waals surface area contributed by atoms with Gasteiger partial charge in [-0.2, -0.15) is 0 Å². The highest BCUT2D eigenvalue weighted by Crippen LogP contribution is 2.29. The third kappa shape index (κ3) is 6.41. The van der Waals surface area contributed by atoms with E-state index in [4.69, 9.17) is 8.94 Å². The lowest BCUT2D eigenvalue weighted by atomic mass is 9.97. The van der Waals surface area contributed by atoms with Gasteiger partial charge in [-0.1, -0.05) is 42.3 Å². The van der Waals surface area contributed by atoms with Crippen LogP contribution in [-0.2, 0) is 20.9 Å². The Morgan fingerprint density at radius 2 is 1.86 bits per heavy atom. The van der Waals surface area contributed by atoms with Crippen molar-refractivity contribution in [3.63, 3.8) is 0 Å². The smallest absolute Gasteiger partial charge is 0.247 e. The number of carbonyl (C=O) groups is 3. The Kier molecular flexibility index (Phi) is 8.20. The molecule has 2 heterocycles. The van der Waals surface area contributed by atoms with Crippen molar-refractivity contribution < 1.29 is 23.3 Å². The average Bonchev–Trinajstić information content (AvgIpc) is 3.63. The summed E-state index contributed by atoms with van der Waals surface area (Å²) in [5.41, 5.74) is 1.65. The van der Waals surface area contributed by atoms with Gasteiger partial charge in [0.05, 0.1) is 12.8 Å². The maximum atomic E-state index is 13.7. The molecular weight excluding hydrogens is 460 g/mol. The molecule has 9 heteroatoms. The number of nitrogens with one attached hydrogen (secondary N) is 2. The molecule has 1 aliphatic carbocycles. The predicted molar refractivity (Wildman–Crippen MR) is 133 cm³/mol. The van der Waals surface area contributed by atoms with Gasteiger partial charge in [0.25, 0.3) is 0 Å². The first-order chi connectivity index (χ1) is 17.4. The number of rotatable bonds is 10. The van der Waals surface area contributed by atoms with Crippen molar-refractivity contribution >= 4 is 23.5 Å². The summed E-state index contributed by atoms with van der Waals surface area (Å²) in [5.74, 6) is 0.508. The number of aryl methyl sites for hydroxylation is 2. The van der Waals surface area contributed by atoms with Crippen LogP contribution in [0.1, 0.15) is 67.2 Å². The molecule has 190 valence electrons. The molecule has 0 bridgehead atoms. The van der Waals surface area contributed by atoms with Crippen molar-refractivity contribution in [2.75, 3.05) is 5.32 Å². The zero-order valence-corrected chi connectivity index (χ0v) is 20.7. The minimum absolute atomic E-state index is 0.0653. The predicted octanol–water partition coefficient (Wildman–Crippen LogP) is 4.43. The van der Waals surface area contributed by atoms with Crippen molar-refractivity contribution in [2.24, 2.45) is 0 Å². The van der Waals surface area contributed by atoms with Gasteiger partial charge in [-0.05, 0) is 49.9 Å². The van der Waals surface area contributed by atoms with Gasteiger partial charge in [0.2, 0.25) is 17.7 Å². The van der Waals surface area contributed by atoms with Gasteiger partial charge in [0, 0.05) is 24.9 Å². The van der Waals surface area contributed by atoms with E-state index in [2.05, 4.69) is 15.8 Å². The zero-order valence-electron chi connectivity index (χ0n) is 20.7. The second-order valence-electron chi connectivity index (χ2n) is 9.22. The van der Waals surface area contributed by atoms with Gasteiger partial charge in [-0.3, -0.25) is 14.4 Å². The van der Waals surface area contributed by atoms with Crippen LogP contribution in [-0.4, -0.2) is 33.8 Å². The number of nitrogens with zero attached hydrogens (tertiary/aromatic N) is 2. The Morgan fingerprint density at radius 3 is 2.53 bits per heavy atom. The summed E-state index contributed by atoms with van der Waals surface area (Å²) in [6.45, 7) is 3.75. The maximum Gasteiger partial charge on any atom is 0.247 e. The van der Waals surface area contributed by atoms with Crippen LogP contribution >= 0.6 is 0 Å². The molecule has 1 aliphatic rings. The number of hydrogen-bond acceptors (Lipinski definition) is 6. The normalized spacial score (nSPS) is 14.4. The highest BCUT2D eigenvalue weighted by atomic mass is 16.5. The van der Waals surface area contributed by atoms with Crippen LogP contribution in [0.2, 0.25) is 0 Å². The van der Waals surface area contributed by atoms with Gasteiger partial charge < -0.3 is 24.5 Å². The van der Waals surface area contributed by atoms with Gasteiger partial charge in [-0.25, -0.2) is 0 Å². The molecule has 0 saturated heterocycles. The zero-order chi connectivity index (χ0) is 25.5. The van der Waals surface area contributed by atoms with E-state index >= 15 is 0 Å². The molecule has 0 radical (unpaired) electrons. The molecule has 2 aromatic heterocycles. The van der Waals surface area contributed by atoms with Crippen molar-refractivity contribution in [3.05, 3.63) is 71.4 Å². The van der Waals surface area contributed by atoms with Crippen molar-refractivity contribution in [1.82, 2.24) is 15.4 Å². The van der Waals surface area contributed by atoms with Crippen LogP contribution in [0.15, 0.2) is 57.7 Å². The second-order valence-corrected chi connectivity index (χ2v) is 9.22. The van der Waals surface area contributed by atoms with E-state index in [0.29, 0.717) is 17.3 Å². The lowest BCUT2D eigenvalue weighted by molar-refractivity contribution is -0.142. The number of benzene rings is 1. The highest BCUT2D eigenvalue weighted by molar-refractivity contribution is 5.94. The van der Waals surface area contributed by atoms with E-state index < -0.39 is 6.04 Å². The van der Waals surface area contributed by atoms with E-state index in [0.717, 1.165) is 36.8 Å². The van der Waals surface area contributed by atoms with Gasteiger partial charge in [0.15, 0.2) is 5.82 Å². The van der Waals surface area contributed by atoms with Crippen LogP contribution in [0, 0.1) is 13.8 Å². The summed E-state index contributed by atoms with van der Waals surface area (Å²) in [7, 11) is 0. The Balaban J connectivity index is 1.56. The quantitative estimate of drug-likeness (QED) is 0.432. The molecule has 9 nitrogen and oxygen atoms in total. The molecule has 2 N–H and O–H groups in total. The third-order valence-corrected chi connectivity index (χ3v) is 6.43. The topological polar surface area (TPSA) is 118 Å². The Hall–Kier alpha value is -3.88. The molecule has 1 atom stereocenters. The number of anilines is 1. The van der Waals surface area contributed by atoms with Crippen molar-refractivity contribution in [1.29, 1.82) is 0 Å². The fraction of sp³-hybridized carbons (Fsp3) is 0.407. The SMILES string of the molecule is Cc1cc(NC(=O)CCC(=O)N(Cc2ccco2)[C@@H](C(=O)NC2CCCC2)c2ccccc2C)no1. The molecule has 1 aromatic carbocycles. The summed E-state index contributed by atoms with van der Waals surface area (Å²) < 4.78 is 10.5. The summed E-state index contributed by atoms with van der Waals surface area (Å²) in [4.78, 5) is 41.2. The Morgan fingerprint density at radius 1 is 1.08 bits per heavy atom. The first-order valence-electron chi connectivity index (χ1n) is 12.3. The van der Waals surface area contributed by atoms with E-state index in [9.17, 15) is 14.4 Å². The third-order valence-electron chi connectivity index (χ3n) is 6.43. The number of amides is 3. The van der Waals surface area contributed by atoms with Crippen molar-refractivity contribution in [3.8, 4) is 0 Å². The first kappa shape index (κ1) is 25.2. The molecule has 0 unspecified atom stereocenters. The molecule has 4 rings (SSSR count). The molecule has 36 heavy (non-hydrogen) atoms. The number of hydrogen-bond donors (Lipinski definition) is 2. The maximum absolute atomic E-state index is 13.7. The summed E-state index contributed by atoms with van der Waals surface area (Å²) in [6.07, 6.45) is 5.41. The molecule has 1 fully saturated rings. The Labute approximate surface area is 210 Å². The molecule has 1 saturated carbocycles.